The molecule has 3 heterocycles. The van der Waals surface area contributed by atoms with Crippen LogP contribution in [-0.4, -0.2) is 59.3 Å². The average Bonchev–Trinajstić information content (AvgIpc) is 3.65. The molecule has 4 unspecified atom stereocenters. The number of nitrogens with two attached hydrogens (primary N) is 1. The van der Waals surface area contributed by atoms with Gasteiger partial charge in [0.1, 0.15) is 23.9 Å². The molecule has 2 aliphatic heterocycles. The van der Waals surface area contributed by atoms with E-state index in [-0.39, 0.29) is 29.7 Å². The lowest BCUT2D eigenvalue weighted by atomic mass is 9.88. The summed E-state index contributed by atoms with van der Waals surface area (Å²) < 4.78 is 5.94. The number of likely N-dealkylation sites (tertiary alicyclic amines) is 1. The standard InChI is InChI=1S/C27H32N6O2/c28-26(34)23-18-5-6-19(16-18)24(23)32-27-25-21(9-10-29-25)30-22(31-27)15-17-3-7-20(8-4-17)35-14-13-33-11-1-2-12-33/h3-8,10,18-19,23-24H,1-2,9,11-16H2,(H2,28,34)(H,30,31,32). The van der Waals surface area contributed by atoms with Crippen LogP contribution in [0.5, 0.6) is 5.75 Å². The number of benzene rings is 1. The maximum absolute atomic E-state index is 12.2. The molecule has 8 heteroatoms. The monoisotopic (exact) mass is 472 g/mol. The van der Waals surface area contributed by atoms with Gasteiger partial charge in [-0.1, -0.05) is 24.3 Å². The summed E-state index contributed by atoms with van der Waals surface area (Å²) in [6.07, 6.45) is 11.1. The van der Waals surface area contributed by atoms with Crippen LogP contribution in [0.1, 0.15) is 36.3 Å². The van der Waals surface area contributed by atoms with Gasteiger partial charge >= 0.3 is 0 Å². The summed E-state index contributed by atoms with van der Waals surface area (Å²) in [4.78, 5) is 28.8. The van der Waals surface area contributed by atoms with E-state index >= 15 is 0 Å². The van der Waals surface area contributed by atoms with Crippen molar-refractivity contribution in [3.8, 4) is 5.75 Å². The van der Waals surface area contributed by atoms with Gasteiger partial charge in [0.2, 0.25) is 5.91 Å². The Morgan fingerprint density at radius 1 is 1.11 bits per heavy atom. The van der Waals surface area contributed by atoms with Gasteiger partial charge in [0, 0.05) is 31.6 Å². The summed E-state index contributed by atoms with van der Waals surface area (Å²) in [6, 6.07) is 8.15. The van der Waals surface area contributed by atoms with Gasteiger partial charge in [0.25, 0.3) is 0 Å². The number of nitrogens with one attached hydrogen (secondary N) is 1. The second-order valence-corrected chi connectivity index (χ2v) is 10.1. The molecule has 8 nitrogen and oxygen atoms in total. The summed E-state index contributed by atoms with van der Waals surface area (Å²) in [5.74, 6) is 2.37. The van der Waals surface area contributed by atoms with Crippen LogP contribution in [0.15, 0.2) is 41.4 Å². The first-order valence-electron chi connectivity index (χ1n) is 12.7. The molecule has 1 amide bonds. The number of aromatic nitrogens is 2. The lowest BCUT2D eigenvalue weighted by Crippen LogP contribution is -2.41. The van der Waals surface area contributed by atoms with Crippen LogP contribution in [0, 0.1) is 17.8 Å². The van der Waals surface area contributed by atoms with Crippen LogP contribution >= 0.6 is 0 Å². The molecule has 1 saturated carbocycles. The van der Waals surface area contributed by atoms with Crippen LogP contribution < -0.4 is 15.8 Å². The molecule has 2 aliphatic carbocycles. The lowest BCUT2D eigenvalue weighted by molar-refractivity contribution is -0.122. The molecular weight excluding hydrogens is 440 g/mol. The van der Waals surface area contributed by atoms with E-state index < -0.39 is 0 Å². The van der Waals surface area contributed by atoms with E-state index in [9.17, 15) is 4.79 Å². The second kappa shape index (κ2) is 9.41. The fourth-order valence-corrected chi connectivity index (χ4v) is 5.98. The largest absolute Gasteiger partial charge is 0.492 e. The van der Waals surface area contributed by atoms with Gasteiger partial charge in [-0.3, -0.25) is 14.7 Å². The van der Waals surface area contributed by atoms with Crippen LogP contribution in [0.3, 0.4) is 0 Å². The highest BCUT2D eigenvalue weighted by molar-refractivity contribution is 5.82. The normalized spacial score (nSPS) is 26.4. The molecule has 2 fully saturated rings. The number of ether oxygens (including phenoxy) is 1. The van der Waals surface area contributed by atoms with Gasteiger partial charge < -0.3 is 15.8 Å². The lowest BCUT2D eigenvalue weighted by Gasteiger charge is -2.27. The highest BCUT2D eigenvalue weighted by atomic mass is 16.5. The van der Waals surface area contributed by atoms with Gasteiger partial charge in [-0.2, -0.15) is 0 Å². The second-order valence-electron chi connectivity index (χ2n) is 10.1. The zero-order valence-electron chi connectivity index (χ0n) is 19.9. The number of primary amides is 1. The molecule has 2 bridgehead atoms. The quantitative estimate of drug-likeness (QED) is 0.544. The Hall–Kier alpha value is -3.26. The Morgan fingerprint density at radius 2 is 1.91 bits per heavy atom. The molecule has 6 rings (SSSR count). The molecule has 0 spiro atoms. The number of carbonyl (C=O) groups is 1. The Morgan fingerprint density at radius 3 is 2.71 bits per heavy atom. The highest BCUT2D eigenvalue weighted by Crippen LogP contribution is 2.45. The zero-order chi connectivity index (χ0) is 23.8. The summed E-state index contributed by atoms with van der Waals surface area (Å²) in [5, 5.41) is 3.54. The number of fused-ring (bicyclic) bond motifs is 3. The van der Waals surface area contributed by atoms with Gasteiger partial charge in [0.15, 0.2) is 5.82 Å². The van der Waals surface area contributed by atoms with Crippen molar-refractivity contribution in [1.82, 2.24) is 14.9 Å². The van der Waals surface area contributed by atoms with Gasteiger partial charge in [0.05, 0.1) is 11.6 Å². The van der Waals surface area contributed by atoms with Crippen molar-refractivity contribution in [1.29, 1.82) is 0 Å². The van der Waals surface area contributed by atoms with E-state index in [0.717, 1.165) is 41.5 Å². The Bertz CT molecular complexity index is 1160. The summed E-state index contributed by atoms with van der Waals surface area (Å²) in [7, 11) is 0. The van der Waals surface area contributed by atoms with Crippen molar-refractivity contribution < 1.29 is 9.53 Å². The highest BCUT2D eigenvalue weighted by Gasteiger charge is 2.47. The molecule has 1 saturated heterocycles. The molecule has 182 valence electrons. The van der Waals surface area contributed by atoms with Crippen LogP contribution in [0.25, 0.3) is 0 Å². The smallest absolute Gasteiger partial charge is 0.223 e. The molecule has 0 radical (unpaired) electrons. The van der Waals surface area contributed by atoms with Crippen molar-refractivity contribution in [3.63, 3.8) is 0 Å². The first-order valence-corrected chi connectivity index (χ1v) is 12.7. The number of hydrogen-bond acceptors (Lipinski definition) is 7. The van der Waals surface area contributed by atoms with Crippen molar-refractivity contribution in [2.45, 2.75) is 38.1 Å². The van der Waals surface area contributed by atoms with Crippen molar-refractivity contribution in [2.75, 3.05) is 31.6 Å². The first-order chi connectivity index (χ1) is 17.1. The van der Waals surface area contributed by atoms with E-state index in [2.05, 4.69) is 39.5 Å². The third-order valence-corrected chi connectivity index (χ3v) is 7.76. The number of nitrogens with zero attached hydrogens (tertiary/aromatic N) is 4. The third-order valence-electron chi connectivity index (χ3n) is 7.76. The number of allylic oxidation sites excluding steroid dienone is 1. The van der Waals surface area contributed by atoms with Crippen LogP contribution in [-0.2, 0) is 17.6 Å². The van der Waals surface area contributed by atoms with Gasteiger partial charge in [-0.15, -0.1) is 0 Å². The predicted octanol–water partition coefficient (Wildman–Crippen LogP) is 2.89. The van der Waals surface area contributed by atoms with E-state index in [1.807, 2.05) is 18.3 Å². The Kier molecular flexibility index (Phi) is 5.98. The number of amides is 1. The van der Waals surface area contributed by atoms with Crippen molar-refractivity contribution in [2.24, 2.45) is 28.5 Å². The van der Waals surface area contributed by atoms with E-state index in [0.29, 0.717) is 25.3 Å². The molecule has 1 aromatic carbocycles. The van der Waals surface area contributed by atoms with E-state index in [1.54, 1.807) is 0 Å². The SMILES string of the molecule is NC(=O)C1C2C=CC(C2)C1Nc1nc(Cc2ccc(OCCN3CCCC3)cc2)nc2c1N=CC2. The zero-order valence-corrected chi connectivity index (χ0v) is 19.9. The van der Waals surface area contributed by atoms with Gasteiger partial charge in [-0.05, 0) is 61.9 Å². The fraction of sp³-hybridized carbons (Fsp3) is 0.481. The first kappa shape index (κ1) is 22.2. The van der Waals surface area contributed by atoms with Crippen molar-refractivity contribution >= 4 is 23.6 Å². The Balaban J connectivity index is 1.14. The summed E-state index contributed by atoms with van der Waals surface area (Å²) in [5.41, 5.74) is 8.59. The number of carbonyl (C=O) groups excluding carboxylic acids is 1. The number of rotatable bonds is 9. The van der Waals surface area contributed by atoms with Crippen LogP contribution in [0.2, 0.25) is 0 Å². The fourth-order valence-electron chi connectivity index (χ4n) is 5.98. The van der Waals surface area contributed by atoms with Crippen LogP contribution in [0.4, 0.5) is 11.5 Å². The molecular formula is C27H32N6O2. The predicted molar refractivity (Wildman–Crippen MR) is 135 cm³/mol. The topological polar surface area (TPSA) is 106 Å². The van der Waals surface area contributed by atoms with E-state index in [4.69, 9.17) is 20.4 Å². The minimum absolute atomic E-state index is 0.0536. The maximum atomic E-state index is 12.2. The number of aliphatic imine (C=N–C) groups is 1. The van der Waals surface area contributed by atoms with E-state index in [1.165, 1.54) is 25.9 Å². The summed E-state index contributed by atoms with van der Waals surface area (Å²) >= 11 is 0. The summed E-state index contributed by atoms with van der Waals surface area (Å²) in [6.45, 7) is 4.07. The van der Waals surface area contributed by atoms with Crippen molar-refractivity contribution in [3.05, 3.63) is 53.5 Å². The molecule has 3 N–H and O–H groups in total. The maximum Gasteiger partial charge on any atom is 0.223 e. The van der Waals surface area contributed by atoms with Gasteiger partial charge in [-0.25, -0.2) is 9.97 Å². The molecule has 4 aliphatic rings. The number of hydrogen-bond donors (Lipinski definition) is 2. The number of anilines is 1. The average molecular weight is 473 g/mol. The minimum Gasteiger partial charge on any atom is -0.492 e. The Labute approximate surface area is 205 Å². The molecule has 35 heavy (non-hydrogen) atoms. The minimum atomic E-state index is -0.253. The third kappa shape index (κ3) is 4.55. The molecule has 1 aromatic heterocycles. The molecule has 2 aromatic rings. The molecule has 4 atom stereocenters.